The number of nitriles is 1. The Balaban J connectivity index is 2.02. The molecule has 1 saturated heterocycles. The van der Waals surface area contributed by atoms with E-state index in [-0.39, 0.29) is 12.2 Å². The summed E-state index contributed by atoms with van der Waals surface area (Å²) in [5.74, 6) is -0.850. The van der Waals surface area contributed by atoms with Crippen LogP contribution in [-0.2, 0) is 9.59 Å². The van der Waals surface area contributed by atoms with Crippen molar-refractivity contribution in [1.29, 1.82) is 5.26 Å². The average Bonchev–Trinajstić information content (AvgIpc) is 2.73. The molecule has 2 aromatic rings. The van der Waals surface area contributed by atoms with Crippen molar-refractivity contribution >= 4 is 45.5 Å². The molecule has 2 aromatic carbocycles. The molecule has 0 spiro atoms. The molecule has 0 bridgehead atoms. The quantitative estimate of drug-likeness (QED) is 0.495. The first-order valence-electron chi connectivity index (χ1n) is 9.30. The van der Waals surface area contributed by atoms with Gasteiger partial charge in [-0.2, -0.15) is 5.26 Å². The van der Waals surface area contributed by atoms with Crippen LogP contribution >= 0.6 is 15.9 Å². The van der Waals surface area contributed by atoms with Gasteiger partial charge in [0.2, 0.25) is 0 Å². The van der Waals surface area contributed by atoms with Crippen LogP contribution in [0.2, 0.25) is 0 Å². The molecule has 0 aromatic heterocycles. The second kappa shape index (κ2) is 9.45. The molecular weight excluding hydrogens is 466 g/mol. The van der Waals surface area contributed by atoms with E-state index < -0.39 is 17.8 Å². The van der Waals surface area contributed by atoms with Gasteiger partial charge >= 0.3 is 6.03 Å². The number of amides is 4. The summed E-state index contributed by atoms with van der Waals surface area (Å²) in [5, 5.41) is 10.9. The number of nitrogens with one attached hydrogen (secondary N) is 1. The van der Waals surface area contributed by atoms with Crippen molar-refractivity contribution in [1.82, 2.24) is 5.32 Å². The number of ether oxygens (including phenoxy) is 2. The van der Waals surface area contributed by atoms with E-state index in [0.717, 1.165) is 10.5 Å². The van der Waals surface area contributed by atoms with Gasteiger partial charge in [0.25, 0.3) is 11.8 Å². The average molecular weight is 484 g/mol. The molecule has 4 amide bonds. The van der Waals surface area contributed by atoms with E-state index >= 15 is 0 Å². The third kappa shape index (κ3) is 4.75. The zero-order valence-electron chi connectivity index (χ0n) is 16.8. The van der Waals surface area contributed by atoms with Gasteiger partial charge in [-0.15, -0.1) is 0 Å². The molecule has 1 heterocycles. The van der Waals surface area contributed by atoms with Gasteiger partial charge in [0.05, 0.1) is 12.3 Å². The zero-order chi connectivity index (χ0) is 22.5. The normalized spacial score (nSPS) is 15.0. The fourth-order valence-electron chi connectivity index (χ4n) is 2.89. The summed E-state index contributed by atoms with van der Waals surface area (Å²) in [4.78, 5) is 38.7. The Labute approximate surface area is 187 Å². The van der Waals surface area contributed by atoms with Crippen LogP contribution in [0.3, 0.4) is 0 Å². The number of carbonyl (C=O) groups excluding carboxylic acids is 3. The van der Waals surface area contributed by atoms with Crippen LogP contribution in [0, 0.1) is 18.3 Å². The Morgan fingerprint density at radius 2 is 1.81 bits per heavy atom. The third-order valence-corrected chi connectivity index (χ3v) is 5.04. The molecule has 0 aliphatic carbocycles. The predicted octanol–water partition coefficient (Wildman–Crippen LogP) is 3.73. The van der Waals surface area contributed by atoms with Crippen molar-refractivity contribution in [2.75, 3.05) is 18.1 Å². The highest BCUT2D eigenvalue weighted by Crippen LogP contribution is 2.35. The fraction of sp³-hybridized carbons (Fsp3) is 0.182. The summed E-state index contributed by atoms with van der Waals surface area (Å²) in [7, 11) is 0. The van der Waals surface area contributed by atoms with Gasteiger partial charge in [-0.05, 0) is 49.8 Å². The van der Waals surface area contributed by atoms with E-state index in [1.54, 1.807) is 43.3 Å². The molecule has 1 aliphatic rings. The fourth-order valence-corrected chi connectivity index (χ4v) is 3.33. The number of urea groups is 1. The summed E-state index contributed by atoms with van der Waals surface area (Å²) >= 11 is 3.38. The zero-order valence-corrected chi connectivity index (χ0v) is 18.4. The Hall–Kier alpha value is -3.64. The molecule has 158 valence electrons. The van der Waals surface area contributed by atoms with E-state index in [4.69, 9.17) is 14.7 Å². The minimum Gasteiger partial charge on any atom is -0.490 e. The molecule has 9 heteroatoms. The van der Waals surface area contributed by atoms with Gasteiger partial charge in [0, 0.05) is 4.47 Å². The van der Waals surface area contributed by atoms with Gasteiger partial charge in [-0.3, -0.25) is 14.9 Å². The summed E-state index contributed by atoms with van der Waals surface area (Å²) in [5.41, 5.74) is 1.56. The Morgan fingerprint density at radius 1 is 1.13 bits per heavy atom. The SMILES string of the molecule is CCOc1cc(/C=C2\C(=O)NC(=O)N(c3ccc(C)cc3)C2=O)c(Br)cc1OCC#N. The van der Waals surface area contributed by atoms with Crippen LogP contribution in [0.5, 0.6) is 11.5 Å². The van der Waals surface area contributed by atoms with Crippen LogP contribution in [-0.4, -0.2) is 31.1 Å². The van der Waals surface area contributed by atoms with Crippen molar-refractivity contribution in [3.63, 3.8) is 0 Å². The number of aryl methyl sites for hydroxylation is 1. The van der Waals surface area contributed by atoms with Crippen LogP contribution < -0.4 is 19.7 Å². The van der Waals surface area contributed by atoms with Crippen LogP contribution in [0.4, 0.5) is 10.5 Å². The molecule has 0 atom stereocenters. The molecule has 31 heavy (non-hydrogen) atoms. The summed E-state index contributed by atoms with van der Waals surface area (Å²) in [6.07, 6.45) is 1.37. The third-order valence-electron chi connectivity index (χ3n) is 4.35. The van der Waals surface area contributed by atoms with Crippen LogP contribution in [0.1, 0.15) is 18.1 Å². The van der Waals surface area contributed by atoms with Gasteiger partial charge < -0.3 is 9.47 Å². The molecule has 0 saturated carbocycles. The molecule has 3 rings (SSSR count). The topological polar surface area (TPSA) is 109 Å². The number of barbiturate groups is 1. The van der Waals surface area contributed by atoms with Crippen molar-refractivity contribution in [3.8, 4) is 17.6 Å². The van der Waals surface area contributed by atoms with E-state index in [1.165, 1.54) is 6.08 Å². The predicted molar refractivity (Wildman–Crippen MR) is 117 cm³/mol. The van der Waals surface area contributed by atoms with Crippen molar-refractivity contribution < 1.29 is 23.9 Å². The first-order valence-corrected chi connectivity index (χ1v) is 10.1. The summed E-state index contributed by atoms with van der Waals surface area (Å²) in [6, 6.07) is 11.0. The highest BCUT2D eigenvalue weighted by atomic mass is 79.9. The van der Waals surface area contributed by atoms with Gasteiger partial charge in [0.1, 0.15) is 11.6 Å². The number of hydrogen-bond donors (Lipinski definition) is 1. The van der Waals surface area contributed by atoms with Crippen LogP contribution in [0.15, 0.2) is 46.4 Å². The maximum atomic E-state index is 13.0. The highest BCUT2D eigenvalue weighted by Gasteiger charge is 2.37. The Bertz CT molecular complexity index is 1120. The number of imide groups is 2. The molecule has 8 nitrogen and oxygen atoms in total. The Kier molecular flexibility index (Phi) is 6.72. The van der Waals surface area contributed by atoms with Crippen molar-refractivity contribution in [2.45, 2.75) is 13.8 Å². The second-order valence-corrected chi connectivity index (χ2v) is 7.35. The molecule has 1 N–H and O–H groups in total. The lowest BCUT2D eigenvalue weighted by Gasteiger charge is -2.26. The minimum absolute atomic E-state index is 0.165. The molecule has 1 fully saturated rings. The van der Waals surface area contributed by atoms with Gasteiger partial charge in [0.15, 0.2) is 18.1 Å². The smallest absolute Gasteiger partial charge is 0.335 e. The number of anilines is 1. The maximum Gasteiger partial charge on any atom is 0.335 e. The number of carbonyl (C=O) groups is 3. The lowest BCUT2D eigenvalue weighted by Crippen LogP contribution is -2.54. The molecule has 0 radical (unpaired) electrons. The summed E-state index contributed by atoms with van der Waals surface area (Å²) < 4.78 is 11.4. The second-order valence-electron chi connectivity index (χ2n) is 6.49. The monoisotopic (exact) mass is 483 g/mol. The number of nitrogens with zero attached hydrogens (tertiary/aromatic N) is 2. The summed E-state index contributed by atoms with van der Waals surface area (Å²) in [6.45, 7) is 3.85. The van der Waals surface area contributed by atoms with E-state index in [1.807, 2.05) is 13.0 Å². The Morgan fingerprint density at radius 3 is 2.45 bits per heavy atom. The van der Waals surface area contributed by atoms with Gasteiger partial charge in [-0.25, -0.2) is 9.69 Å². The first-order chi connectivity index (χ1) is 14.8. The molecular formula is C22H18BrN3O5. The van der Waals surface area contributed by atoms with Crippen LogP contribution in [0.25, 0.3) is 6.08 Å². The minimum atomic E-state index is -0.815. The van der Waals surface area contributed by atoms with Crippen molar-refractivity contribution in [3.05, 3.63) is 57.6 Å². The highest BCUT2D eigenvalue weighted by molar-refractivity contribution is 9.10. The van der Waals surface area contributed by atoms with E-state index in [9.17, 15) is 14.4 Å². The molecule has 0 unspecified atom stereocenters. The lowest BCUT2D eigenvalue weighted by molar-refractivity contribution is -0.122. The largest absolute Gasteiger partial charge is 0.490 e. The van der Waals surface area contributed by atoms with Gasteiger partial charge in [-0.1, -0.05) is 33.6 Å². The standard InChI is InChI=1S/C22H18BrN3O5/c1-3-30-18-11-14(17(23)12-19(18)31-9-8-24)10-16-20(27)25-22(29)26(21(16)28)15-6-4-13(2)5-7-15/h4-7,10-12H,3,9H2,1-2H3,(H,25,27,29)/b16-10+. The first kappa shape index (κ1) is 22.1. The maximum absolute atomic E-state index is 13.0. The van der Waals surface area contributed by atoms with E-state index in [2.05, 4.69) is 21.2 Å². The van der Waals surface area contributed by atoms with E-state index in [0.29, 0.717) is 33.8 Å². The number of rotatable bonds is 6. The molecule has 1 aliphatic heterocycles. The number of benzene rings is 2. The number of hydrogen-bond acceptors (Lipinski definition) is 6. The van der Waals surface area contributed by atoms with Crippen molar-refractivity contribution in [2.24, 2.45) is 0 Å². The lowest BCUT2D eigenvalue weighted by atomic mass is 10.1. The number of halogens is 1.